The molecule has 0 saturated carbocycles. The van der Waals surface area contributed by atoms with Gasteiger partial charge in [0.25, 0.3) is 0 Å². The van der Waals surface area contributed by atoms with Crippen molar-refractivity contribution in [2.45, 2.75) is 12.7 Å². The van der Waals surface area contributed by atoms with Crippen LogP contribution in [0.15, 0.2) is 42.7 Å². The summed E-state index contributed by atoms with van der Waals surface area (Å²) in [7, 11) is 0. The maximum Gasteiger partial charge on any atom is 0.416 e. The zero-order valence-corrected chi connectivity index (χ0v) is 9.91. The van der Waals surface area contributed by atoms with E-state index in [0.29, 0.717) is 17.9 Å². The number of nitrogen functional groups attached to an aromatic ring is 1. The van der Waals surface area contributed by atoms with E-state index in [2.05, 4.69) is 10.3 Å². The minimum Gasteiger partial charge on any atom is -0.397 e. The third-order valence-electron chi connectivity index (χ3n) is 2.62. The first-order valence-electron chi connectivity index (χ1n) is 5.56. The number of hydrogen-bond acceptors (Lipinski definition) is 3. The maximum atomic E-state index is 12.5. The summed E-state index contributed by atoms with van der Waals surface area (Å²) in [6, 6.07) is 6.76. The van der Waals surface area contributed by atoms with Crippen LogP contribution < -0.4 is 11.1 Å². The van der Waals surface area contributed by atoms with Gasteiger partial charge in [-0.1, -0.05) is 6.07 Å². The molecular formula is C13H12F3N3. The molecule has 0 unspecified atom stereocenters. The molecule has 0 aliphatic rings. The Balaban J connectivity index is 2.10. The van der Waals surface area contributed by atoms with E-state index in [1.165, 1.54) is 12.3 Å². The summed E-state index contributed by atoms with van der Waals surface area (Å²) in [5.41, 5.74) is 6.70. The van der Waals surface area contributed by atoms with E-state index < -0.39 is 11.7 Å². The van der Waals surface area contributed by atoms with Gasteiger partial charge in [0.05, 0.1) is 17.4 Å². The fourth-order valence-corrected chi connectivity index (χ4v) is 1.60. The van der Waals surface area contributed by atoms with Crippen LogP contribution in [-0.2, 0) is 12.7 Å². The molecule has 3 N–H and O–H groups in total. The molecule has 3 nitrogen and oxygen atoms in total. The molecule has 6 heteroatoms. The Morgan fingerprint density at radius 3 is 2.68 bits per heavy atom. The number of benzene rings is 1. The van der Waals surface area contributed by atoms with Gasteiger partial charge in [-0.05, 0) is 29.8 Å². The van der Waals surface area contributed by atoms with Crippen molar-refractivity contribution in [2.75, 3.05) is 11.1 Å². The highest BCUT2D eigenvalue weighted by Crippen LogP contribution is 2.30. The number of aromatic nitrogens is 1. The van der Waals surface area contributed by atoms with E-state index >= 15 is 0 Å². The first kappa shape index (κ1) is 13.2. The molecule has 0 amide bonds. The molecule has 1 aromatic carbocycles. The molecule has 100 valence electrons. The summed E-state index contributed by atoms with van der Waals surface area (Å²) >= 11 is 0. The first-order valence-corrected chi connectivity index (χ1v) is 5.56. The lowest BCUT2D eigenvalue weighted by Crippen LogP contribution is -2.07. The molecule has 0 radical (unpaired) electrons. The van der Waals surface area contributed by atoms with Crippen molar-refractivity contribution in [3.8, 4) is 0 Å². The second-order valence-electron chi connectivity index (χ2n) is 4.01. The summed E-state index contributed by atoms with van der Waals surface area (Å²) in [6.45, 7) is 0.343. The molecule has 1 aromatic heterocycles. The maximum absolute atomic E-state index is 12.5. The van der Waals surface area contributed by atoms with Crippen molar-refractivity contribution < 1.29 is 13.2 Å². The van der Waals surface area contributed by atoms with Crippen molar-refractivity contribution in [1.82, 2.24) is 4.98 Å². The number of halogens is 3. The number of nitrogens with one attached hydrogen (secondary N) is 1. The average Bonchev–Trinajstić information content (AvgIpc) is 2.37. The molecule has 0 aliphatic heterocycles. The number of hydrogen-bond donors (Lipinski definition) is 2. The molecule has 2 aromatic rings. The van der Waals surface area contributed by atoms with E-state index in [0.717, 1.165) is 17.7 Å². The van der Waals surface area contributed by atoms with Crippen LogP contribution in [0.4, 0.5) is 24.5 Å². The standard InChI is InChI=1S/C13H12F3N3/c14-13(15,16)10-2-1-3-11(6-10)19-7-9-4-5-18-8-12(9)17/h1-6,8,19H,7,17H2. The Bertz CT molecular complexity index is 567. The molecule has 19 heavy (non-hydrogen) atoms. The molecule has 0 fully saturated rings. The predicted molar refractivity (Wildman–Crippen MR) is 67.4 cm³/mol. The van der Waals surface area contributed by atoms with Gasteiger partial charge in [0.15, 0.2) is 0 Å². The van der Waals surface area contributed by atoms with Gasteiger partial charge in [-0.2, -0.15) is 13.2 Å². The summed E-state index contributed by atoms with van der Waals surface area (Å²) in [4.78, 5) is 3.84. The summed E-state index contributed by atoms with van der Waals surface area (Å²) in [5, 5.41) is 2.91. The lowest BCUT2D eigenvalue weighted by Gasteiger charge is -2.11. The van der Waals surface area contributed by atoms with E-state index in [1.807, 2.05) is 0 Å². The fourth-order valence-electron chi connectivity index (χ4n) is 1.60. The van der Waals surface area contributed by atoms with Crippen LogP contribution in [0.5, 0.6) is 0 Å². The minimum absolute atomic E-state index is 0.343. The van der Waals surface area contributed by atoms with Crippen LogP contribution in [0.2, 0.25) is 0 Å². The van der Waals surface area contributed by atoms with Crippen molar-refractivity contribution in [1.29, 1.82) is 0 Å². The highest BCUT2D eigenvalue weighted by Gasteiger charge is 2.30. The molecule has 0 aliphatic carbocycles. The molecule has 1 heterocycles. The molecule has 0 atom stereocenters. The lowest BCUT2D eigenvalue weighted by atomic mass is 10.2. The van der Waals surface area contributed by atoms with Crippen LogP contribution in [0.25, 0.3) is 0 Å². The summed E-state index contributed by atoms with van der Waals surface area (Å²) < 4.78 is 37.6. The SMILES string of the molecule is Nc1cnccc1CNc1cccc(C(F)(F)F)c1. The normalized spacial score (nSPS) is 11.3. The minimum atomic E-state index is -4.34. The second-order valence-corrected chi connectivity index (χ2v) is 4.01. The Labute approximate surface area is 108 Å². The van der Waals surface area contributed by atoms with Gasteiger partial charge in [-0.25, -0.2) is 0 Å². The van der Waals surface area contributed by atoms with Crippen molar-refractivity contribution in [3.05, 3.63) is 53.9 Å². The second kappa shape index (κ2) is 5.17. The highest BCUT2D eigenvalue weighted by atomic mass is 19.4. The van der Waals surface area contributed by atoms with E-state index in [1.54, 1.807) is 18.3 Å². The largest absolute Gasteiger partial charge is 0.416 e. The van der Waals surface area contributed by atoms with Crippen LogP contribution in [0.3, 0.4) is 0 Å². The van der Waals surface area contributed by atoms with E-state index in [-0.39, 0.29) is 0 Å². The zero-order valence-electron chi connectivity index (χ0n) is 9.91. The molecule has 0 spiro atoms. The summed E-state index contributed by atoms with van der Waals surface area (Å²) in [6.07, 6.45) is -1.25. The van der Waals surface area contributed by atoms with Crippen LogP contribution in [0.1, 0.15) is 11.1 Å². The van der Waals surface area contributed by atoms with Crippen LogP contribution in [0, 0.1) is 0 Å². The van der Waals surface area contributed by atoms with Crippen molar-refractivity contribution in [3.63, 3.8) is 0 Å². The summed E-state index contributed by atoms with van der Waals surface area (Å²) in [5.74, 6) is 0. The Hall–Kier alpha value is -2.24. The van der Waals surface area contributed by atoms with E-state index in [4.69, 9.17) is 5.73 Å². The van der Waals surface area contributed by atoms with Crippen LogP contribution in [-0.4, -0.2) is 4.98 Å². The molecule has 0 bridgehead atoms. The van der Waals surface area contributed by atoms with E-state index in [9.17, 15) is 13.2 Å². The number of pyridine rings is 1. The predicted octanol–water partition coefficient (Wildman–Crippen LogP) is 3.29. The average molecular weight is 267 g/mol. The highest BCUT2D eigenvalue weighted by molar-refractivity contribution is 5.50. The number of anilines is 2. The molecule has 0 saturated heterocycles. The Morgan fingerprint density at radius 1 is 1.21 bits per heavy atom. The van der Waals surface area contributed by atoms with Gasteiger partial charge in [-0.15, -0.1) is 0 Å². The lowest BCUT2D eigenvalue weighted by molar-refractivity contribution is -0.137. The number of rotatable bonds is 3. The molecule has 2 rings (SSSR count). The van der Waals surface area contributed by atoms with Gasteiger partial charge >= 0.3 is 6.18 Å². The number of nitrogens with zero attached hydrogens (tertiary/aromatic N) is 1. The quantitative estimate of drug-likeness (QED) is 0.897. The Kier molecular flexibility index (Phi) is 3.59. The van der Waals surface area contributed by atoms with Crippen LogP contribution >= 0.6 is 0 Å². The third-order valence-corrected chi connectivity index (χ3v) is 2.62. The number of alkyl halides is 3. The van der Waals surface area contributed by atoms with Gasteiger partial charge < -0.3 is 11.1 Å². The van der Waals surface area contributed by atoms with Crippen molar-refractivity contribution in [2.24, 2.45) is 0 Å². The van der Waals surface area contributed by atoms with Gasteiger partial charge in [0.1, 0.15) is 0 Å². The topological polar surface area (TPSA) is 50.9 Å². The monoisotopic (exact) mass is 267 g/mol. The smallest absolute Gasteiger partial charge is 0.397 e. The van der Waals surface area contributed by atoms with Gasteiger partial charge in [0, 0.05) is 18.4 Å². The zero-order chi connectivity index (χ0) is 13.9. The van der Waals surface area contributed by atoms with Gasteiger partial charge in [0.2, 0.25) is 0 Å². The van der Waals surface area contributed by atoms with Crippen molar-refractivity contribution >= 4 is 11.4 Å². The fraction of sp³-hybridized carbons (Fsp3) is 0.154. The Morgan fingerprint density at radius 2 is 2.00 bits per heavy atom. The van der Waals surface area contributed by atoms with Gasteiger partial charge in [-0.3, -0.25) is 4.98 Å². The first-order chi connectivity index (χ1) is 8.97. The third kappa shape index (κ3) is 3.37. The molecular weight excluding hydrogens is 255 g/mol. The number of nitrogens with two attached hydrogens (primary N) is 1.